The Morgan fingerprint density at radius 3 is 2.80 bits per heavy atom. The van der Waals surface area contributed by atoms with E-state index in [0.29, 0.717) is 6.61 Å². The van der Waals surface area contributed by atoms with E-state index in [9.17, 15) is 0 Å². The van der Waals surface area contributed by atoms with E-state index in [1.165, 1.54) is 0 Å². The van der Waals surface area contributed by atoms with Gasteiger partial charge in [-0.3, -0.25) is 0 Å². The molecule has 0 radical (unpaired) electrons. The van der Waals surface area contributed by atoms with E-state index < -0.39 is 6.10 Å². The summed E-state index contributed by atoms with van der Waals surface area (Å²) in [4.78, 5) is 0. The van der Waals surface area contributed by atoms with Crippen molar-refractivity contribution in [2.24, 2.45) is 0 Å². The molecule has 0 unspecified atom stereocenters. The lowest BCUT2D eigenvalue weighted by Crippen LogP contribution is -2.41. The molecular weight excluding hydrogens is 132 g/mol. The first-order valence-corrected chi connectivity index (χ1v) is 3.69. The Morgan fingerprint density at radius 2 is 2.30 bits per heavy atom. The Morgan fingerprint density at radius 1 is 1.60 bits per heavy atom. The summed E-state index contributed by atoms with van der Waals surface area (Å²) in [7, 11) is 0. The van der Waals surface area contributed by atoms with Crippen LogP contribution >= 0.6 is 0 Å². The zero-order valence-corrected chi connectivity index (χ0v) is 6.41. The van der Waals surface area contributed by atoms with Crippen LogP contribution in [0.5, 0.6) is 0 Å². The van der Waals surface area contributed by atoms with Crippen molar-refractivity contribution in [2.75, 3.05) is 6.61 Å². The van der Waals surface area contributed by atoms with Gasteiger partial charge in [0.05, 0.1) is 12.7 Å². The summed E-state index contributed by atoms with van der Waals surface area (Å²) in [6.45, 7) is 4.25. The first kappa shape index (κ1) is 7.98. The van der Waals surface area contributed by atoms with Crippen LogP contribution in [0.25, 0.3) is 0 Å². The normalized spacial score (nSPS) is 41.7. The summed E-state index contributed by atoms with van der Waals surface area (Å²) < 4.78 is 10.4. The Balaban J connectivity index is 2.33. The molecule has 0 aromatic heterocycles. The summed E-state index contributed by atoms with van der Waals surface area (Å²) >= 11 is 0. The van der Waals surface area contributed by atoms with Crippen LogP contribution in [0.3, 0.4) is 0 Å². The minimum Gasteiger partial charge on any atom is -0.388 e. The molecule has 1 N–H and O–H groups in total. The van der Waals surface area contributed by atoms with Gasteiger partial charge < -0.3 is 14.6 Å². The Hall–Kier alpha value is -0.120. The average molecular weight is 146 g/mol. The summed E-state index contributed by atoms with van der Waals surface area (Å²) in [5.74, 6) is 0. The molecule has 1 fully saturated rings. The average Bonchev–Trinajstić information content (AvgIpc) is 1.95. The van der Waals surface area contributed by atoms with E-state index in [0.717, 1.165) is 6.42 Å². The molecule has 0 saturated carbocycles. The molecule has 1 rings (SSSR count). The topological polar surface area (TPSA) is 38.7 Å². The molecule has 0 aliphatic carbocycles. The highest BCUT2D eigenvalue weighted by molar-refractivity contribution is 4.68. The quantitative estimate of drug-likeness (QED) is 0.586. The number of hydrogen-bond donors (Lipinski definition) is 1. The molecule has 0 spiro atoms. The van der Waals surface area contributed by atoms with Gasteiger partial charge in [-0.2, -0.15) is 0 Å². The van der Waals surface area contributed by atoms with Crippen LogP contribution in [0.4, 0.5) is 0 Å². The third kappa shape index (κ3) is 1.68. The number of hydrogen-bond acceptors (Lipinski definition) is 3. The van der Waals surface area contributed by atoms with Gasteiger partial charge in [0.2, 0.25) is 0 Å². The standard InChI is InChI=1S/C7H14O3/c1-3-7-9-4-6(8)5(2)10-7/h5-8H,3-4H2,1-2H3/t5-,6+,7+/m1/s1. The summed E-state index contributed by atoms with van der Waals surface area (Å²) in [5.41, 5.74) is 0. The summed E-state index contributed by atoms with van der Waals surface area (Å²) in [5, 5.41) is 9.14. The summed E-state index contributed by atoms with van der Waals surface area (Å²) in [6, 6.07) is 0. The van der Waals surface area contributed by atoms with Crippen molar-refractivity contribution in [3.63, 3.8) is 0 Å². The molecule has 1 aliphatic heterocycles. The fraction of sp³-hybridized carbons (Fsp3) is 1.00. The van der Waals surface area contributed by atoms with Crippen molar-refractivity contribution in [3.05, 3.63) is 0 Å². The van der Waals surface area contributed by atoms with Gasteiger partial charge in [0.25, 0.3) is 0 Å². The van der Waals surface area contributed by atoms with Gasteiger partial charge in [0, 0.05) is 0 Å². The smallest absolute Gasteiger partial charge is 0.157 e. The lowest BCUT2D eigenvalue weighted by Gasteiger charge is -2.31. The van der Waals surface area contributed by atoms with Crippen LogP contribution in [0.15, 0.2) is 0 Å². The van der Waals surface area contributed by atoms with Crippen LogP contribution in [-0.2, 0) is 9.47 Å². The van der Waals surface area contributed by atoms with Crippen LogP contribution in [0, 0.1) is 0 Å². The Bertz CT molecular complexity index is 105. The molecule has 3 heteroatoms. The predicted octanol–water partition coefficient (Wildman–Crippen LogP) is 0.519. The van der Waals surface area contributed by atoms with Gasteiger partial charge in [-0.1, -0.05) is 6.92 Å². The molecule has 0 amide bonds. The molecule has 1 saturated heterocycles. The van der Waals surface area contributed by atoms with Gasteiger partial charge >= 0.3 is 0 Å². The van der Waals surface area contributed by atoms with Crippen molar-refractivity contribution in [1.82, 2.24) is 0 Å². The number of rotatable bonds is 1. The molecule has 1 heterocycles. The molecular formula is C7H14O3. The van der Waals surface area contributed by atoms with Crippen molar-refractivity contribution in [3.8, 4) is 0 Å². The molecule has 0 aromatic rings. The minimum atomic E-state index is -0.456. The van der Waals surface area contributed by atoms with Crippen molar-refractivity contribution < 1.29 is 14.6 Å². The number of aliphatic hydroxyl groups excluding tert-OH is 1. The van der Waals surface area contributed by atoms with E-state index in [-0.39, 0.29) is 12.4 Å². The number of aliphatic hydroxyl groups is 1. The Kier molecular flexibility index (Phi) is 2.65. The van der Waals surface area contributed by atoms with Crippen LogP contribution < -0.4 is 0 Å². The van der Waals surface area contributed by atoms with E-state index in [2.05, 4.69) is 0 Å². The van der Waals surface area contributed by atoms with Gasteiger partial charge in [-0.25, -0.2) is 0 Å². The van der Waals surface area contributed by atoms with E-state index in [4.69, 9.17) is 14.6 Å². The Labute approximate surface area is 60.9 Å². The van der Waals surface area contributed by atoms with Crippen molar-refractivity contribution >= 4 is 0 Å². The third-order valence-corrected chi connectivity index (χ3v) is 1.69. The molecule has 1 aliphatic rings. The van der Waals surface area contributed by atoms with Crippen molar-refractivity contribution in [2.45, 2.75) is 38.8 Å². The SMILES string of the molecule is CC[C@H]1OC[C@H](O)[C@@H](C)O1. The molecule has 3 atom stereocenters. The lowest BCUT2D eigenvalue weighted by atomic mass is 10.2. The zero-order chi connectivity index (χ0) is 7.56. The maximum absolute atomic E-state index is 9.14. The van der Waals surface area contributed by atoms with Gasteiger partial charge in [0.15, 0.2) is 6.29 Å². The first-order valence-electron chi connectivity index (χ1n) is 3.69. The van der Waals surface area contributed by atoms with Gasteiger partial charge in [-0.15, -0.1) is 0 Å². The minimum absolute atomic E-state index is 0.0845. The number of ether oxygens (including phenoxy) is 2. The second-order valence-corrected chi connectivity index (χ2v) is 2.58. The van der Waals surface area contributed by atoms with Gasteiger partial charge in [-0.05, 0) is 13.3 Å². The van der Waals surface area contributed by atoms with Gasteiger partial charge in [0.1, 0.15) is 6.10 Å². The largest absolute Gasteiger partial charge is 0.388 e. The fourth-order valence-corrected chi connectivity index (χ4v) is 0.925. The highest BCUT2D eigenvalue weighted by Crippen LogP contribution is 2.14. The van der Waals surface area contributed by atoms with Crippen LogP contribution in [0.1, 0.15) is 20.3 Å². The molecule has 10 heavy (non-hydrogen) atoms. The fourth-order valence-electron chi connectivity index (χ4n) is 0.925. The van der Waals surface area contributed by atoms with Crippen LogP contribution in [-0.4, -0.2) is 30.2 Å². The lowest BCUT2D eigenvalue weighted by molar-refractivity contribution is -0.247. The zero-order valence-electron chi connectivity index (χ0n) is 6.41. The van der Waals surface area contributed by atoms with Crippen LogP contribution in [0.2, 0.25) is 0 Å². The molecule has 3 nitrogen and oxygen atoms in total. The molecule has 0 aromatic carbocycles. The second kappa shape index (κ2) is 3.32. The van der Waals surface area contributed by atoms with E-state index >= 15 is 0 Å². The summed E-state index contributed by atoms with van der Waals surface area (Å²) in [6.07, 6.45) is 0.191. The highest BCUT2D eigenvalue weighted by Gasteiger charge is 2.25. The molecule has 0 bridgehead atoms. The second-order valence-electron chi connectivity index (χ2n) is 2.58. The van der Waals surface area contributed by atoms with E-state index in [1.807, 2.05) is 13.8 Å². The maximum Gasteiger partial charge on any atom is 0.157 e. The van der Waals surface area contributed by atoms with E-state index in [1.54, 1.807) is 0 Å². The molecule has 60 valence electrons. The predicted molar refractivity (Wildman–Crippen MR) is 36.6 cm³/mol. The maximum atomic E-state index is 9.14. The first-order chi connectivity index (χ1) is 4.74. The highest BCUT2D eigenvalue weighted by atomic mass is 16.7. The third-order valence-electron chi connectivity index (χ3n) is 1.69. The van der Waals surface area contributed by atoms with Crippen molar-refractivity contribution in [1.29, 1.82) is 0 Å². The monoisotopic (exact) mass is 146 g/mol.